The molecule has 0 radical (unpaired) electrons. The summed E-state index contributed by atoms with van der Waals surface area (Å²) in [5, 5.41) is 2.78. The third kappa shape index (κ3) is 4.19. The second kappa shape index (κ2) is 7.08. The lowest BCUT2D eigenvalue weighted by Gasteiger charge is -2.15. The molecule has 1 N–H and O–H groups in total. The van der Waals surface area contributed by atoms with Crippen molar-refractivity contribution < 1.29 is 19.1 Å². The van der Waals surface area contributed by atoms with Crippen LogP contribution in [-0.4, -0.2) is 50.1 Å². The standard InChI is InChI=1S/C15H20N2O4/c1-3-6-16-15(19)9-17(2)8-12(18)11-4-5-13-14(7-11)21-10-20-13/h4-5,7H,3,6,8-10H2,1-2H3,(H,16,19). The van der Waals surface area contributed by atoms with Crippen LogP contribution in [0.5, 0.6) is 11.5 Å². The average Bonchev–Trinajstić information content (AvgIpc) is 2.92. The molecule has 1 aliphatic heterocycles. The quantitative estimate of drug-likeness (QED) is 0.761. The molecule has 0 atom stereocenters. The third-order valence-electron chi connectivity index (χ3n) is 3.09. The molecule has 0 unspecified atom stereocenters. The number of carbonyl (C=O) groups is 2. The molecule has 1 amide bonds. The van der Waals surface area contributed by atoms with Gasteiger partial charge < -0.3 is 14.8 Å². The summed E-state index contributed by atoms with van der Waals surface area (Å²) in [5.41, 5.74) is 0.556. The van der Waals surface area contributed by atoms with Crippen molar-refractivity contribution >= 4 is 11.7 Å². The normalized spacial score (nSPS) is 12.5. The first-order valence-electron chi connectivity index (χ1n) is 6.98. The van der Waals surface area contributed by atoms with Crippen molar-refractivity contribution in [3.63, 3.8) is 0 Å². The molecular formula is C15H20N2O4. The van der Waals surface area contributed by atoms with Gasteiger partial charge in [-0.05, 0) is 31.7 Å². The molecule has 1 aromatic carbocycles. The summed E-state index contributed by atoms with van der Waals surface area (Å²) in [6.07, 6.45) is 0.894. The van der Waals surface area contributed by atoms with E-state index in [4.69, 9.17) is 9.47 Å². The molecule has 6 heteroatoms. The van der Waals surface area contributed by atoms with Crippen LogP contribution in [0.4, 0.5) is 0 Å². The van der Waals surface area contributed by atoms with Gasteiger partial charge in [-0.25, -0.2) is 0 Å². The van der Waals surface area contributed by atoms with Crippen LogP contribution < -0.4 is 14.8 Å². The van der Waals surface area contributed by atoms with Gasteiger partial charge in [-0.3, -0.25) is 14.5 Å². The van der Waals surface area contributed by atoms with E-state index in [1.165, 1.54) is 0 Å². The Labute approximate surface area is 124 Å². The first kappa shape index (κ1) is 15.3. The molecule has 6 nitrogen and oxygen atoms in total. The van der Waals surface area contributed by atoms with E-state index in [-0.39, 0.29) is 31.6 Å². The monoisotopic (exact) mass is 292 g/mol. The van der Waals surface area contributed by atoms with Crippen molar-refractivity contribution in [2.75, 3.05) is 33.5 Å². The first-order chi connectivity index (χ1) is 10.1. The number of ketones is 1. The zero-order valence-electron chi connectivity index (χ0n) is 12.3. The molecule has 0 bridgehead atoms. The Morgan fingerprint density at radius 1 is 1.24 bits per heavy atom. The lowest BCUT2D eigenvalue weighted by molar-refractivity contribution is -0.121. The fourth-order valence-electron chi connectivity index (χ4n) is 2.03. The second-order valence-electron chi connectivity index (χ2n) is 5.01. The maximum atomic E-state index is 12.2. The molecule has 1 heterocycles. The summed E-state index contributed by atoms with van der Waals surface area (Å²) in [7, 11) is 1.75. The van der Waals surface area contributed by atoms with E-state index in [0.29, 0.717) is 23.6 Å². The number of ether oxygens (including phenoxy) is 2. The van der Waals surface area contributed by atoms with Crippen molar-refractivity contribution in [1.29, 1.82) is 0 Å². The first-order valence-corrected chi connectivity index (χ1v) is 6.98. The number of amides is 1. The summed E-state index contributed by atoms with van der Waals surface area (Å²) in [6, 6.07) is 5.11. The maximum absolute atomic E-state index is 12.2. The number of nitrogens with zero attached hydrogens (tertiary/aromatic N) is 1. The Balaban J connectivity index is 1.87. The largest absolute Gasteiger partial charge is 0.454 e. The number of carbonyl (C=O) groups excluding carboxylic acids is 2. The number of Topliss-reactive ketones (excluding diaryl/α,β-unsaturated/α-hetero) is 1. The Bertz CT molecular complexity index is 530. The molecule has 0 aliphatic carbocycles. The molecule has 1 aliphatic rings. The van der Waals surface area contributed by atoms with E-state index < -0.39 is 0 Å². The third-order valence-corrected chi connectivity index (χ3v) is 3.09. The molecule has 0 fully saturated rings. The van der Waals surface area contributed by atoms with Gasteiger partial charge in [0, 0.05) is 12.1 Å². The SMILES string of the molecule is CCCNC(=O)CN(C)CC(=O)c1ccc2c(c1)OCO2. The van der Waals surface area contributed by atoms with E-state index in [1.54, 1.807) is 30.1 Å². The van der Waals surface area contributed by atoms with Gasteiger partial charge in [0.2, 0.25) is 12.7 Å². The highest BCUT2D eigenvalue weighted by atomic mass is 16.7. The van der Waals surface area contributed by atoms with Crippen LogP contribution in [0.1, 0.15) is 23.7 Å². The van der Waals surface area contributed by atoms with E-state index in [0.717, 1.165) is 6.42 Å². The number of likely N-dealkylation sites (N-methyl/N-ethyl adjacent to an activating group) is 1. The highest BCUT2D eigenvalue weighted by Gasteiger charge is 2.17. The summed E-state index contributed by atoms with van der Waals surface area (Å²) >= 11 is 0. The topological polar surface area (TPSA) is 67.9 Å². The van der Waals surface area contributed by atoms with Crippen LogP contribution in [0.25, 0.3) is 0 Å². The Morgan fingerprint density at radius 2 is 2.00 bits per heavy atom. The van der Waals surface area contributed by atoms with Crippen LogP contribution in [-0.2, 0) is 4.79 Å². The fraction of sp³-hybridized carbons (Fsp3) is 0.467. The predicted octanol–water partition coefficient (Wildman–Crippen LogP) is 1.06. The maximum Gasteiger partial charge on any atom is 0.234 e. The van der Waals surface area contributed by atoms with Gasteiger partial charge in [0.25, 0.3) is 0 Å². The van der Waals surface area contributed by atoms with Crippen molar-refractivity contribution in [1.82, 2.24) is 10.2 Å². The minimum atomic E-state index is -0.0714. The van der Waals surface area contributed by atoms with Gasteiger partial charge in [0.05, 0.1) is 13.1 Å². The summed E-state index contributed by atoms with van der Waals surface area (Å²) in [5.74, 6) is 1.11. The Morgan fingerprint density at radius 3 is 2.76 bits per heavy atom. The van der Waals surface area contributed by atoms with E-state index in [9.17, 15) is 9.59 Å². The minimum Gasteiger partial charge on any atom is -0.454 e. The van der Waals surface area contributed by atoms with Gasteiger partial charge in [-0.1, -0.05) is 6.92 Å². The van der Waals surface area contributed by atoms with Crippen molar-refractivity contribution in [2.24, 2.45) is 0 Å². The van der Waals surface area contributed by atoms with Gasteiger partial charge in [-0.2, -0.15) is 0 Å². The summed E-state index contributed by atoms with van der Waals surface area (Å²) in [4.78, 5) is 25.5. The predicted molar refractivity (Wildman–Crippen MR) is 77.7 cm³/mol. The van der Waals surface area contributed by atoms with Gasteiger partial charge in [0.1, 0.15) is 0 Å². The van der Waals surface area contributed by atoms with Gasteiger partial charge in [0.15, 0.2) is 17.3 Å². The van der Waals surface area contributed by atoms with Crippen LogP contribution in [0.3, 0.4) is 0 Å². The molecule has 0 spiro atoms. The van der Waals surface area contributed by atoms with Crippen LogP contribution in [0.2, 0.25) is 0 Å². The van der Waals surface area contributed by atoms with Crippen molar-refractivity contribution in [3.8, 4) is 11.5 Å². The Hall–Kier alpha value is -2.08. The summed E-state index contributed by atoms with van der Waals surface area (Å²) in [6.45, 7) is 3.22. The molecule has 2 rings (SSSR count). The van der Waals surface area contributed by atoms with Gasteiger partial charge in [-0.15, -0.1) is 0 Å². The second-order valence-corrected chi connectivity index (χ2v) is 5.01. The zero-order valence-corrected chi connectivity index (χ0v) is 12.3. The number of nitrogens with one attached hydrogen (secondary N) is 1. The van der Waals surface area contributed by atoms with Crippen molar-refractivity contribution in [3.05, 3.63) is 23.8 Å². The minimum absolute atomic E-state index is 0.0564. The molecular weight excluding hydrogens is 272 g/mol. The van der Waals surface area contributed by atoms with E-state index in [2.05, 4.69) is 5.32 Å². The lowest BCUT2D eigenvalue weighted by atomic mass is 10.1. The highest BCUT2D eigenvalue weighted by Crippen LogP contribution is 2.32. The number of benzene rings is 1. The lowest BCUT2D eigenvalue weighted by Crippen LogP contribution is -2.37. The van der Waals surface area contributed by atoms with Crippen LogP contribution in [0, 0.1) is 0 Å². The zero-order chi connectivity index (χ0) is 15.2. The number of rotatable bonds is 7. The number of hydrogen-bond acceptors (Lipinski definition) is 5. The fourth-order valence-corrected chi connectivity index (χ4v) is 2.03. The smallest absolute Gasteiger partial charge is 0.234 e. The van der Waals surface area contributed by atoms with E-state index >= 15 is 0 Å². The van der Waals surface area contributed by atoms with Crippen LogP contribution >= 0.6 is 0 Å². The average molecular weight is 292 g/mol. The molecule has 114 valence electrons. The van der Waals surface area contributed by atoms with Crippen LogP contribution in [0.15, 0.2) is 18.2 Å². The van der Waals surface area contributed by atoms with Crippen molar-refractivity contribution in [2.45, 2.75) is 13.3 Å². The number of hydrogen-bond donors (Lipinski definition) is 1. The molecule has 1 aromatic rings. The molecule has 0 aromatic heterocycles. The summed E-state index contributed by atoms with van der Waals surface area (Å²) < 4.78 is 10.5. The molecule has 0 saturated heterocycles. The molecule has 0 saturated carbocycles. The van der Waals surface area contributed by atoms with E-state index in [1.807, 2.05) is 6.92 Å². The molecule has 21 heavy (non-hydrogen) atoms. The Kier molecular flexibility index (Phi) is 5.16. The number of fused-ring (bicyclic) bond motifs is 1. The van der Waals surface area contributed by atoms with Gasteiger partial charge >= 0.3 is 0 Å². The highest BCUT2D eigenvalue weighted by molar-refractivity contribution is 5.98.